The summed E-state index contributed by atoms with van der Waals surface area (Å²) < 4.78 is 2.27. The number of hydrogen-bond acceptors (Lipinski definition) is 4. The first-order chi connectivity index (χ1) is 10.8. The van der Waals surface area contributed by atoms with Crippen molar-refractivity contribution >= 4 is 22.4 Å². The number of hydrogen-bond donors (Lipinski definition) is 0. The normalized spacial score (nSPS) is 19.8. The fraction of sp³-hybridized carbons (Fsp3) is 0.412. The SMILES string of the molecule is Cn1c(C2CCCN(Cc3cscn3)C2)nc2ccccc21. The zero-order valence-electron chi connectivity index (χ0n) is 12.8. The lowest BCUT2D eigenvalue weighted by atomic mass is 9.97. The van der Waals surface area contributed by atoms with Crippen molar-refractivity contribution in [3.63, 3.8) is 0 Å². The van der Waals surface area contributed by atoms with Crippen LogP contribution in [0.4, 0.5) is 0 Å². The second kappa shape index (κ2) is 5.82. The van der Waals surface area contributed by atoms with Crippen LogP contribution in [0, 0.1) is 0 Å². The molecule has 0 bridgehead atoms. The molecule has 4 nitrogen and oxygen atoms in total. The van der Waals surface area contributed by atoms with Gasteiger partial charge in [0, 0.05) is 31.4 Å². The molecule has 1 aromatic carbocycles. The number of aromatic nitrogens is 3. The summed E-state index contributed by atoms with van der Waals surface area (Å²) in [4.78, 5) is 11.8. The molecule has 5 heteroatoms. The van der Waals surface area contributed by atoms with Crippen molar-refractivity contribution in [1.82, 2.24) is 19.4 Å². The summed E-state index contributed by atoms with van der Waals surface area (Å²) in [6.45, 7) is 3.20. The molecule has 1 unspecified atom stereocenters. The molecule has 1 aliphatic heterocycles. The minimum atomic E-state index is 0.518. The number of fused-ring (bicyclic) bond motifs is 1. The zero-order valence-corrected chi connectivity index (χ0v) is 13.6. The Morgan fingerprint density at radius 1 is 1.32 bits per heavy atom. The molecule has 1 atom stereocenters. The molecule has 1 aliphatic rings. The average Bonchev–Trinajstić information content (AvgIpc) is 3.16. The molecule has 0 aliphatic carbocycles. The highest BCUT2D eigenvalue weighted by Crippen LogP contribution is 2.29. The van der Waals surface area contributed by atoms with Crippen LogP contribution < -0.4 is 0 Å². The van der Waals surface area contributed by atoms with Crippen LogP contribution in [-0.4, -0.2) is 32.5 Å². The summed E-state index contributed by atoms with van der Waals surface area (Å²) in [5.74, 6) is 1.74. The quantitative estimate of drug-likeness (QED) is 0.743. The molecule has 4 rings (SSSR count). The van der Waals surface area contributed by atoms with E-state index >= 15 is 0 Å². The van der Waals surface area contributed by atoms with Crippen molar-refractivity contribution in [2.75, 3.05) is 13.1 Å². The highest BCUT2D eigenvalue weighted by Gasteiger charge is 2.25. The Hall–Kier alpha value is -1.72. The Kier molecular flexibility index (Phi) is 3.68. The van der Waals surface area contributed by atoms with E-state index in [0.717, 1.165) is 25.2 Å². The fourth-order valence-electron chi connectivity index (χ4n) is 3.48. The lowest BCUT2D eigenvalue weighted by Gasteiger charge is -2.31. The van der Waals surface area contributed by atoms with Gasteiger partial charge in [0.15, 0.2) is 0 Å². The van der Waals surface area contributed by atoms with E-state index in [2.05, 4.69) is 51.1 Å². The van der Waals surface area contributed by atoms with Gasteiger partial charge >= 0.3 is 0 Å². The highest BCUT2D eigenvalue weighted by atomic mass is 32.1. The van der Waals surface area contributed by atoms with Gasteiger partial charge in [0.25, 0.3) is 0 Å². The van der Waals surface area contributed by atoms with E-state index in [4.69, 9.17) is 4.98 Å². The van der Waals surface area contributed by atoms with Gasteiger partial charge in [-0.3, -0.25) is 4.90 Å². The van der Waals surface area contributed by atoms with Crippen molar-refractivity contribution in [2.45, 2.75) is 25.3 Å². The Morgan fingerprint density at radius 3 is 3.05 bits per heavy atom. The van der Waals surface area contributed by atoms with Gasteiger partial charge in [-0.1, -0.05) is 12.1 Å². The van der Waals surface area contributed by atoms with E-state index in [1.165, 1.54) is 29.9 Å². The van der Waals surface area contributed by atoms with Crippen molar-refractivity contribution in [3.8, 4) is 0 Å². The first-order valence-corrected chi connectivity index (χ1v) is 8.76. The van der Waals surface area contributed by atoms with E-state index in [1.807, 2.05) is 5.51 Å². The third-order valence-corrected chi connectivity index (χ3v) is 5.20. The van der Waals surface area contributed by atoms with E-state index in [0.29, 0.717) is 5.92 Å². The van der Waals surface area contributed by atoms with Crippen molar-refractivity contribution in [3.05, 3.63) is 46.7 Å². The van der Waals surface area contributed by atoms with E-state index in [1.54, 1.807) is 11.3 Å². The number of imidazole rings is 1. The summed E-state index contributed by atoms with van der Waals surface area (Å²) in [5.41, 5.74) is 5.45. The Bertz CT molecular complexity index is 762. The van der Waals surface area contributed by atoms with Crippen molar-refractivity contribution in [2.24, 2.45) is 7.05 Å². The number of nitrogens with zero attached hydrogens (tertiary/aromatic N) is 4. The first-order valence-electron chi connectivity index (χ1n) is 7.82. The third kappa shape index (κ3) is 2.55. The van der Waals surface area contributed by atoms with Gasteiger partial charge in [0.05, 0.1) is 22.2 Å². The minimum Gasteiger partial charge on any atom is -0.331 e. The fourth-order valence-corrected chi connectivity index (χ4v) is 4.03. The second-order valence-electron chi connectivity index (χ2n) is 6.07. The summed E-state index contributed by atoms with van der Waals surface area (Å²) in [6.07, 6.45) is 2.46. The van der Waals surface area contributed by atoms with Gasteiger partial charge < -0.3 is 4.57 Å². The molecule has 22 heavy (non-hydrogen) atoms. The summed E-state index contributed by atoms with van der Waals surface area (Å²) >= 11 is 1.68. The Morgan fingerprint density at radius 2 is 2.23 bits per heavy atom. The summed E-state index contributed by atoms with van der Waals surface area (Å²) in [7, 11) is 2.14. The largest absolute Gasteiger partial charge is 0.331 e. The molecule has 1 saturated heterocycles. The van der Waals surface area contributed by atoms with Gasteiger partial charge in [-0.25, -0.2) is 9.97 Å². The molecule has 2 aromatic heterocycles. The highest BCUT2D eigenvalue weighted by molar-refractivity contribution is 7.07. The van der Waals surface area contributed by atoms with Crippen LogP contribution in [0.3, 0.4) is 0 Å². The van der Waals surface area contributed by atoms with Crippen molar-refractivity contribution in [1.29, 1.82) is 0 Å². The molecule has 114 valence electrons. The average molecular weight is 312 g/mol. The van der Waals surface area contributed by atoms with Gasteiger partial charge in [0.2, 0.25) is 0 Å². The molecule has 0 saturated carbocycles. The zero-order chi connectivity index (χ0) is 14.9. The molecular formula is C17H20N4S. The van der Waals surface area contributed by atoms with Gasteiger partial charge in [-0.15, -0.1) is 11.3 Å². The van der Waals surface area contributed by atoms with Crippen LogP contribution in [-0.2, 0) is 13.6 Å². The monoisotopic (exact) mass is 312 g/mol. The Labute approximate surface area is 134 Å². The number of piperidine rings is 1. The molecule has 3 heterocycles. The molecular weight excluding hydrogens is 292 g/mol. The maximum absolute atomic E-state index is 4.89. The van der Waals surface area contributed by atoms with Crippen LogP contribution in [0.5, 0.6) is 0 Å². The lowest BCUT2D eigenvalue weighted by Crippen LogP contribution is -2.34. The van der Waals surface area contributed by atoms with Crippen LogP contribution in [0.2, 0.25) is 0 Å². The predicted molar refractivity (Wildman–Crippen MR) is 90.1 cm³/mol. The Balaban J connectivity index is 1.57. The third-order valence-electron chi connectivity index (χ3n) is 4.56. The van der Waals surface area contributed by atoms with Gasteiger partial charge in [-0.2, -0.15) is 0 Å². The molecule has 0 spiro atoms. The molecule has 1 fully saturated rings. The number of likely N-dealkylation sites (tertiary alicyclic amines) is 1. The molecule has 0 N–H and O–H groups in total. The van der Waals surface area contributed by atoms with Crippen molar-refractivity contribution < 1.29 is 0 Å². The van der Waals surface area contributed by atoms with E-state index in [-0.39, 0.29) is 0 Å². The first kappa shape index (κ1) is 13.9. The van der Waals surface area contributed by atoms with E-state index in [9.17, 15) is 0 Å². The topological polar surface area (TPSA) is 34.0 Å². The van der Waals surface area contributed by atoms with Crippen LogP contribution in [0.15, 0.2) is 35.2 Å². The van der Waals surface area contributed by atoms with Crippen LogP contribution in [0.25, 0.3) is 11.0 Å². The smallest absolute Gasteiger partial charge is 0.114 e. The standard InChI is InChI=1S/C17H20N4S/c1-20-16-7-3-2-6-15(16)19-17(20)13-5-4-8-21(9-13)10-14-11-22-12-18-14/h2-3,6-7,11-13H,4-5,8-10H2,1H3. The predicted octanol–water partition coefficient (Wildman–Crippen LogP) is 3.41. The summed E-state index contributed by atoms with van der Waals surface area (Å²) in [6, 6.07) is 8.41. The molecule has 0 radical (unpaired) electrons. The van der Waals surface area contributed by atoms with Crippen LogP contribution >= 0.6 is 11.3 Å². The van der Waals surface area contributed by atoms with E-state index < -0.39 is 0 Å². The number of benzene rings is 1. The second-order valence-corrected chi connectivity index (χ2v) is 6.79. The number of thiazole rings is 1. The van der Waals surface area contributed by atoms with Gasteiger partial charge in [-0.05, 0) is 31.5 Å². The minimum absolute atomic E-state index is 0.518. The maximum Gasteiger partial charge on any atom is 0.114 e. The number of para-hydroxylation sites is 2. The number of aryl methyl sites for hydroxylation is 1. The van der Waals surface area contributed by atoms with Gasteiger partial charge in [0.1, 0.15) is 5.82 Å². The molecule has 0 amide bonds. The maximum atomic E-state index is 4.89. The summed E-state index contributed by atoms with van der Waals surface area (Å²) in [5, 5.41) is 2.15. The number of rotatable bonds is 3. The molecule has 3 aromatic rings. The lowest BCUT2D eigenvalue weighted by molar-refractivity contribution is 0.194. The van der Waals surface area contributed by atoms with Crippen LogP contribution in [0.1, 0.15) is 30.3 Å².